The van der Waals surface area contributed by atoms with E-state index in [-0.39, 0.29) is 18.6 Å². The zero-order valence-corrected chi connectivity index (χ0v) is 14.3. The van der Waals surface area contributed by atoms with Crippen molar-refractivity contribution in [1.82, 2.24) is 5.32 Å². The van der Waals surface area contributed by atoms with Gasteiger partial charge < -0.3 is 10.1 Å². The van der Waals surface area contributed by atoms with Gasteiger partial charge in [-0.25, -0.2) is 4.79 Å². The third-order valence-electron chi connectivity index (χ3n) is 3.22. The molecule has 0 spiro atoms. The molecule has 1 atom stereocenters. The molecule has 0 fully saturated rings. The number of esters is 1. The quantitative estimate of drug-likeness (QED) is 0.774. The zero-order chi connectivity index (χ0) is 16.7. The van der Waals surface area contributed by atoms with E-state index in [1.807, 2.05) is 25.1 Å². The van der Waals surface area contributed by atoms with Crippen molar-refractivity contribution in [2.24, 2.45) is 0 Å². The second kappa shape index (κ2) is 8.70. The van der Waals surface area contributed by atoms with Crippen molar-refractivity contribution in [1.29, 1.82) is 0 Å². The third-order valence-corrected chi connectivity index (χ3v) is 4.44. The summed E-state index contributed by atoms with van der Waals surface area (Å²) in [6.07, 6.45) is 1.71. The van der Waals surface area contributed by atoms with Crippen LogP contribution in [0.3, 0.4) is 0 Å². The van der Waals surface area contributed by atoms with Gasteiger partial charge in [0.05, 0.1) is 4.34 Å². The van der Waals surface area contributed by atoms with Crippen LogP contribution in [0, 0.1) is 0 Å². The Labute approximate surface area is 144 Å². The SMILES string of the molecule is C[C@@H](CCc1ccccc1)NC(=O)COC(=O)c1ccc(Cl)s1. The van der Waals surface area contributed by atoms with Crippen LogP contribution in [0.5, 0.6) is 0 Å². The van der Waals surface area contributed by atoms with E-state index >= 15 is 0 Å². The van der Waals surface area contributed by atoms with Gasteiger partial charge in [0, 0.05) is 6.04 Å². The number of carbonyl (C=O) groups excluding carboxylic acids is 2. The van der Waals surface area contributed by atoms with Crippen LogP contribution in [0.25, 0.3) is 0 Å². The number of hydrogen-bond acceptors (Lipinski definition) is 4. The topological polar surface area (TPSA) is 55.4 Å². The van der Waals surface area contributed by atoms with Crippen LogP contribution in [0.15, 0.2) is 42.5 Å². The number of ether oxygens (including phenoxy) is 1. The average Bonchev–Trinajstić information content (AvgIpc) is 2.98. The lowest BCUT2D eigenvalue weighted by atomic mass is 10.1. The molecule has 0 saturated heterocycles. The van der Waals surface area contributed by atoms with Crippen molar-refractivity contribution in [3.05, 3.63) is 57.2 Å². The van der Waals surface area contributed by atoms with Gasteiger partial charge >= 0.3 is 5.97 Å². The Kier molecular flexibility index (Phi) is 6.62. The molecule has 1 heterocycles. The number of thiophene rings is 1. The van der Waals surface area contributed by atoms with Gasteiger partial charge in [-0.1, -0.05) is 41.9 Å². The third kappa shape index (κ3) is 6.04. The molecule has 0 saturated carbocycles. The van der Waals surface area contributed by atoms with Crippen LogP contribution >= 0.6 is 22.9 Å². The van der Waals surface area contributed by atoms with Crippen LogP contribution in [-0.4, -0.2) is 24.5 Å². The highest BCUT2D eigenvalue weighted by molar-refractivity contribution is 7.17. The molecule has 1 aromatic heterocycles. The van der Waals surface area contributed by atoms with E-state index in [4.69, 9.17) is 16.3 Å². The van der Waals surface area contributed by atoms with E-state index in [0.717, 1.165) is 24.2 Å². The molecule has 0 bridgehead atoms. The summed E-state index contributed by atoms with van der Waals surface area (Å²) in [5.74, 6) is -0.837. The van der Waals surface area contributed by atoms with E-state index in [2.05, 4.69) is 17.4 Å². The van der Waals surface area contributed by atoms with Gasteiger partial charge in [-0.05, 0) is 37.5 Å². The maximum Gasteiger partial charge on any atom is 0.348 e. The van der Waals surface area contributed by atoms with Crippen molar-refractivity contribution in [3.8, 4) is 0 Å². The number of benzene rings is 1. The van der Waals surface area contributed by atoms with Crippen LogP contribution in [0.4, 0.5) is 0 Å². The van der Waals surface area contributed by atoms with Crippen molar-refractivity contribution >= 4 is 34.8 Å². The molecule has 4 nitrogen and oxygen atoms in total. The highest BCUT2D eigenvalue weighted by Crippen LogP contribution is 2.21. The summed E-state index contributed by atoms with van der Waals surface area (Å²) in [5, 5.41) is 2.82. The van der Waals surface area contributed by atoms with Crippen LogP contribution in [0.1, 0.15) is 28.6 Å². The van der Waals surface area contributed by atoms with Crippen LogP contribution in [0.2, 0.25) is 4.34 Å². The molecule has 2 rings (SSSR count). The van der Waals surface area contributed by atoms with Gasteiger partial charge in [-0.15, -0.1) is 11.3 Å². The molecular formula is C17H18ClNO3S. The molecule has 0 aliphatic rings. The second-order valence-electron chi connectivity index (χ2n) is 5.17. The first-order chi connectivity index (χ1) is 11.0. The van der Waals surface area contributed by atoms with Crippen molar-refractivity contribution in [2.75, 3.05) is 6.61 Å². The number of hydrogen-bond donors (Lipinski definition) is 1. The van der Waals surface area contributed by atoms with Crippen molar-refractivity contribution < 1.29 is 14.3 Å². The Morgan fingerprint density at radius 2 is 1.96 bits per heavy atom. The summed E-state index contributed by atoms with van der Waals surface area (Å²) in [4.78, 5) is 23.9. The lowest BCUT2D eigenvalue weighted by Crippen LogP contribution is -2.36. The van der Waals surface area contributed by atoms with Crippen LogP contribution < -0.4 is 5.32 Å². The number of carbonyl (C=O) groups is 2. The number of nitrogens with one attached hydrogen (secondary N) is 1. The Bertz CT molecular complexity index is 657. The fourth-order valence-electron chi connectivity index (χ4n) is 2.04. The Morgan fingerprint density at radius 3 is 2.61 bits per heavy atom. The van der Waals surface area contributed by atoms with E-state index in [9.17, 15) is 9.59 Å². The molecule has 1 amide bonds. The molecule has 0 aliphatic heterocycles. The molecule has 122 valence electrons. The van der Waals surface area contributed by atoms with E-state index in [0.29, 0.717) is 9.21 Å². The molecule has 2 aromatic rings. The first-order valence-corrected chi connectivity index (χ1v) is 8.50. The molecule has 23 heavy (non-hydrogen) atoms. The summed E-state index contributed by atoms with van der Waals surface area (Å²) in [7, 11) is 0. The summed E-state index contributed by atoms with van der Waals surface area (Å²) in [6.45, 7) is 1.64. The van der Waals surface area contributed by atoms with E-state index in [1.165, 1.54) is 5.56 Å². The molecule has 1 aromatic carbocycles. The lowest BCUT2D eigenvalue weighted by molar-refractivity contribution is -0.124. The van der Waals surface area contributed by atoms with Gasteiger partial charge in [-0.3, -0.25) is 4.79 Å². The predicted octanol–water partition coefficient (Wildman–Crippen LogP) is 3.70. The fraction of sp³-hybridized carbons (Fsp3) is 0.294. The van der Waals surface area contributed by atoms with Gasteiger partial charge in [-0.2, -0.15) is 0 Å². The number of amides is 1. The van der Waals surface area contributed by atoms with Crippen molar-refractivity contribution in [3.63, 3.8) is 0 Å². The molecule has 0 aliphatic carbocycles. The minimum Gasteiger partial charge on any atom is -0.451 e. The number of rotatable bonds is 7. The zero-order valence-electron chi connectivity index (χ0n) is 12.8. The largest absolute Gasteiger partial charge is 0.451 e. The van der Waals surface area contributed by atoms with Gasteiger partial charge in [0.1, 0.15) is 4.88 Å². The van der Waals surface area contributed by atoms with Gasteiger partial charge in [0.2, 0.25) is 0 Å². The molecule has 0 radical (unpaired) electrons. The van der Waals surface area contributed by atoms with Crippen LogP contribution in [-0.2, 0) is 16.0 Å². The predicted molar refractivity (Wildman–Crippen MR) is 92.0 cm³/mol. The normalized spacial score (nSPS) is 11.7. The second-order valence-corrected chi connectivity index (χ2v) is 6.89. The molecular weight excluding hydrogens is 334 g/mol. The van der Waals surface area contributed by atoms with Crippen molar-refractivity contribution in [2.45, 2.75) is 25.8 Å². The highest BCUT2D eigenvalue weighted by atomic mass is 35.5. The lowest BCUT2D eigenvalue weighted by Gasteiger charge is -2.13. The smallest absolute Gasteiger partial charge is 0.348 e. The molecule has 1 N–H and O–H groups in total. The Balaban J connectivity index is 1.68. The maximum atomic E-state index is 11.8. The summed E-state index contributed by atoms with van der Waals surface area (Å²) >= 11 is 6.88. The highest BCUT2D eigenvalue weighted by Gasteiger charge is 2.13. The Hall–Kier alpha value is -1.85. The maximum absolute atomic E-state index is 11.8. The minimum atomic E-state index is -0.533. The van der Waals surface area contributed by atoms with Gasteiger partial charge in [0.25, 0.3) is 5.91 Å². The Morgan fingerprint density at radius 1 is 1.22 bits per heavy atom. The van der Waals surface area contributed by atoms with E-state index in [1.54, 1.807) is 12.1 Å². The standard InChI is InChI=1S/C17H18ClNO3S/c1-12(7-8-13-5-3-2-4-6-13)19-16(20)11-22-17(21)14-9-10-15(18)23-14/h2-6,9-10,12H,7-8,11H2,1H3,(H,19,20)/t12-/m0/s1. The number of halogens is 1. The molecule has 0 unspecified atom stereocenters. The summed E-state index contributed by atoms with van der Waals surface area (Å²) < 4.78 is 5.48. The first-order valence-electron chi connectivity index (χ1n) is 7.30. The minimum absolute atomic E-state index is 0.0117. The number of aryl methyl sites for hydroxylation is 1. The van der Waals surface area contributed by atoms with E-state index < -0.39 is 5.97 Å². The molecule has 6 heteroatoms. The average molecular weight is 352 g/mol. The fourth-order valence-corrected chi connectivity index (χ4v) is 2.98. The summed E-state index contributed by atoms with van der Waals surface area (Å²) in [6, 6.07) is 13.3. The van der Waals surface area contributed by atoms with Gasteiger partial charge in [0.15, 0.2) is 6.61 Å². The summed E-state index contributed by atoms with van der Waals surface area (Å²) in [5.41, 5.74) is 1.23. The monoisotopic (exact) mass is 351 g/mol. The first kappa shape index (κ1) is 17.5.